The minimum Gasteiger partial charge on any atom is -0.337 e. The van der Waals surface area contributed by atoms with Crippen molar-refractivity contribution in [3.05, 3.63) is 54.5 Å². The number of benzene rings is 1. The Kier molecular flexibility index (Phi) is 4.37. The average Bonchev–Trinajstić information content (AvgIpc) is 3.42. The van der Waals surface area contributed by atoms with Crippen LogP contribution in [0.5, 0.6) is 0 Å². The van der Waals surface area contributed by atoms with Crippen LogP contribution in [0, 0.1) is 11.3 Å². The molecular weight excluding hydrogens is 392 g/mol. The maximum absolute atomic E-state index is 11.7. The van der Waals surface area contributed by atoms with E-state index in [-0.39, 0.29) is 5.91 Å². The molecule has 0 fully saturated rings. The SMILES string of the molecule is CCC(=O)Nc1cncc(-c2cnc3n[nH]c(-c4nc5c(C#N)cccc5[nH]4)c3c2)c1. The van der Waals surface area contributed by atoms with Crippen molar-refractivity contribution in [2.24, 2.45) is 0 Å². The van der Waals surface area contributed by atoms with E-state index >= 15 is 0 Å². The zero-order valence-electron chi connectivity index (χ0n) is 16.5. The third kappa shape index (κ3) is 3.26. The molecule has 0 unspecified atom stereocenters. The van der Waals surface area contributed by atoms with Gasteiger partial charge in [0.1, 0.15) is 17.3 Å². The van der Waals surface area contributed by atoms with Crippen molar-refractivity contribution in [1.29, 1.82) is 5.26 Å². The number of carbonyl (C=O) groups excluding carboxylic acids is 1. The van der Waals surface area contributed by atoms with Gasteiger partial charge in [-0.2, -0.15) is 10.4 Å². The highest BCUT2D eigenvalue weighted by molar-refractivity contribution is 5.95. The van der Waals surface area contributed by atoms with Crippen molar-refractivity contribution < 1.29 is 4.79 Å². The van der Waals surface area contributed by atoms with E-state index in [0.717, 1.165) is 22.0 Å². The Bertz CT molecular complexity index is 1490. The number of hydrogen-bond donors (Lipinski definition) is 3. The normalized spacial score (nSPS) is 11.0. The molecule has 150 valence electrons. The number of carbonyl (C=O) groups is 1. The van der Waals surface area contributed by atoms with E-state index in [2.05, 4.69) is 41.5 Å². The monoisotopic (exact) mass is 408 g/mol. The fraction of sp³-hybridized carbons (Fsp3) is 0.0909. The molecule has 4 aromatic heterocycles. The molecular formula is C22H16N8O. The maximum Gasteiger partial charge on any atom is 0.224 e. The Hall–Kier alpha value is -4.58. The van der Waals surface area contributed by atoms with Gasteiger partial charge in [0.25, 0.3) is 0 Å². The number of aromatic amines is 2. The van der Waals surface area contributed by atoms with Gasteiger partial charge in [0, 0.05) is 29.9 Å². The predicted molar refractivity (Wildman–Crippen MR) is 116 cm³/mol. The molecule has 0 atom stereocenters. The quantitative estimate of drug-likeness (QED) is 0.414. The van der Waals surface area contributed by atoms with Crippen LogP contribution in [0.4, 0.5) is 5.69 Å². The number of aromatic nitrogens is 6. The number of rotatable bonds is 4. The van der Waals surface area contributed by atoms with E-state index in [1.54, 1.807) is 31.6 Å². The zero-order chi connectivity index (χ0) is 21.4. The second-order valence-electron chi connectivity index (χ2n) is 6.96. The van der Waals surface area contributed by atoms with E-state index < -0.39 is 0 Å². The van der Waals surface area contributed by atoms with E-state index in [1.165, 1.54) is 0 Å². The first-order valence-electron chi connectivity index (χ1n) is 9.65. The third-order valence-electron chi connectivity index (χ3n) is 4.96. The van der Waals surface area contributed by atoms with Gasteiger partial charge >= 0.3 is 0 Å². The van der Waals surface area contributed by atoms with E-state index in [9.17, 15) is 10.1 Å². The Morgan fingerprint density at radius 3 is 2.90 bits per heavy atom. The smallest absolute Gasteiger partial charge is 0.224 e. The number of anilines is 1. The second-order valence-corrected chi connectivity index (χ2v) is 6.96. The van der Waals surface area contributed by atoms with Crippen LogP contribution in [0.1, 0.15) is 18.9 Å². The molecule has 5 aromatic rings. The van der Waals surface area contributed by atoms with Crippen LogP contribution < -0.4 is 5.32 Å². The predicted octanol–water partition coefficient (Wildman–Crippen LogP) is 3.78. The summed E-state index contributed by atoms with van der Waals surface area (Å²) in [5.41, 5.74) is 5.35. The number of pyridine rings is 2. The topological polar surface area (TPSA) is 136 Å². The number of nitriles is 1. The minimum absolute atomic E-state index is 0.0775. The van der Waals surface area contributed by atoms with Gasteiger partial charge < -0.3 is 10.3 Å². The van der Waals surface area contributed by atoms with Crippen LogP contribution >= 0.6 is 0 Å². The largest absolute Gasteiger partial charge is 0.337 e. The molecule has 3 N–H and O–H groups in total. The summed E-state index contributed by atoms with van der Waals surface area (Å²) in [6, 6.07) is 11.4. The lowest BCUT2D eigenvalue weighted by molar-refractivity contribution is -0.115. The summed E-state index contributed by atoms with van der Waals surface area (Å²) in [6.45, 7) is 1.79. The number of para-hydroxylation sites is 1. The molecule has 1 aromatic carbocycles. The number of hydrogen-bond acceptors (Lipinski definition) is 6. The van der Waals surface area contributed by atoms with E-state index in [0.29, 0.717) is 40.4 Å². The molecule has 0 aliphatic carbocycles. The Morgan fingerprint density at radius 2 is 2.06 bits per heavy atom. The lowest BCUT2D eigenvalue weighted by atomic mass is 10.1. The lowest BCUT2D eigenvalue weighted by Crippen LogP contribution is -2.09. The summed E-state index contributed by atoms with van der Waals surface area (Å²) in [5.74, 6) is 0.493. The van der Waals surface area contributed by atoms with Gasteiger partial charge in [0.15, 0.2) is 11.5 Å². The molecule has 0 aliphatic rings. The molecule has 0 saturated heterocycles. The van der Waals surface area contributed by atoms with Gasteiger partial charge in [-0.3, -0.25) is 14.9 Å². The highest BCUT2D eigenvalue weighted by Crippen LogP contribution is 2.30. The van der Waals surface area contributed by atoms with Crippen LogP contribution in [-0.2, 0) is 4.79 Å². The number of amides is 1. The minimum atomic E-state index is -0.0775. The van der Waals surface area contributed by atoms with Gasteiger partial charge in [-0.1, -0.05) is 13.0 Å². The fourth-order valence-corrected chi connectivity index (χ4v) is 3.39. The molecule has 31 heavy (non-hydrogen) atoms. The molecule has 0 saturated carbocycles. The molecule has 0 spiro atoms. The first kappa shape index (κ1) is 18.4. The highest BCUT2D eigenvalue weighted by Gasteiger charge is 2.15. The van der Waals surface area contributed by atoms with Crippen LogP contribution in [0.25, 0.3) is 44.7 Å². The average molecular weight is 408 g/mol. The summed E-state index contributed by atoms with van der Waals surface area (Å²) >= 11 is 0. The van der Waals surface area contributed by atoms with E-state index in [4.69, 9.17) is 0 Å². The summed E-state index contributed by atoms with van der Waals surface area (Å²) in [4.78, 5) is 28.2. The first-order valence-corrected chi connectivity index (χ1v) is 9.65. The fourth-order valence-electron chi connectivity index (χ4n) is 3.39. The molecule has 5 rings (SSSR count). The van der Waals surface area contributed by atoms with Gasteiger partial charge in [0.2, 0.25) is 5.91 Å². The van der Waals surface area contributed by atoms with Crippen molar-refractivity contribution >= 4 is 33.7 Å². The van der Waals surface area contributed by atoms with Crippen molar-refractivity contribution in [2.75, 3.05) is 5.32 Å². The van der Waals surface area contributed by atoms with Gasteiger partial charge in [-0.25, -0.2) is 9.97 Å². The highest BCUT2D eigenvalue weighted by atomic mass is 16.1. The molecule has 1 amide bonds. The standard InChI is InChI=1S/C22H16N8O/c1-2-18(31)26-15-6-13(9-24-11-15)14-7-16-20(29-30-21(16)25-10-14)22-27-17-5-3-4-12(8-23)19(17)28-22/h3-7,9-11H,2H2,1H3,(H,26,31)(H,27,28)(H,25,29,30). The number of nitrogens with one attached hydrogen (secondary N) is 3. The summed E-state index contributed by atoms with van der Waals surface area (Å²) in [5, 5.41) is 20.2. The molecule has 0 radical (unpaired) electrons. The van der Waals surface area contributed by atoms with Crippen LogP contribution in [0.15, 0.2) is 48.9 Å². The van der Waals surface area contributed by atoms with Crippen LogP contribution in [0.2, 0.25) is 0 Å². The van der Waals surface area contributed by atoms with Crippen molar-refractivity contribution in [3.8, 4) is 28.7 Å². The summed E-state index contributed by atoms with van der Waals surface area (Å²) < 4.78 is 0. The molecule has 9 nitrogen and oxygen atoms in total. The maximum atomic E-state index is 11.7. The zero-order valence-corrected chi connectivity index (χ0v) is 16.5. The first-order chi connectivity index (χ1) is 15.2. The molecule has 9 heteroatoms. The van der Waals surface area contributed by atoms with Crippen molar-refractivity contribution in [1.82, 2.24) is 30.1 Å². The molecule has 4 heterocycles. The Balaban J connectivity index is 1.59. The van der Waals surface area contributed by atoms with Crippen molar-refractivity contribution in [3.63, 3.8) is 0 Å². The third-order valence-corrected chi connectivity index (χ3v) is 4.96. The molecule has 0 bridgehead atoms. The Morgan fingerprint density at radius 1 is 1.19 bits per heavy atom. The van der Waals surface area contributed by atoms with Gasteiger partial charge in [0.05, 0.1) is 28.4 Å². The van der Waals surface area contributed by atoms with Crippen molar-refractivity contribution in [2.45, 2.75) is 13.3 Å². The Labute approximate surface area is 176 Å². The number of imidazole rings is 1. The number of H-pyrrole nitrogens is 2. The molecule has 0 aliphatic heterocycles. The summed E-state index contributed by atoms with van der Waals surface area (Å²) in [6.07, 6.45) is 5.42. The number of fused-ring (bicyclic) bond motifs is 2. The van der Waals surface area contributed by atoms with Crippen LogP contribution in [-0.4, -0.2) is 36.0 Å². The van der Waals surface area contributed by atoms with E-state index in [1.807, 2.05) is 24.3 Å². The lowest BCUT2D eigenvalue weighted by Gasteiger charge is -2.06. The van der Waals surface area contributed by atoms with Gasteiger partial charge in [-0.05, 0) is 24.3 Å². The summed E-state index contributed by atoms with van der Waals surface area (Å²) in [7, 11) is 0. The van der Waals surface area contributed by atoms with Crippen LogP contribution in [0.3, 0.4) is 0 Å². The van der Waals surface area contributed by atoms with Gasteiger partial charge in [-0.15, -0.1) is 0 Å². The number of nitrogens with zero attached hydrogens (tertiary/aromatic N) is 5. The second kappa shape index (κ2) is 7.35.